The van der Waals surface area contributed by atoms with E-state index in [0.717, 1.165) is 26.8 Å². The lowest BCUT2D eigenvalue weighted by Crippen LogP contribution is -2.36. The third-order valence-corrected chi connectivity index (χ3v) is 7.28. The molecule has 3 rings (SSSR count). The third kappa shape index (κ3) is 5.59. The van der Waals surface area contributed by atoms with E-state index in [0.29, 0.717) is 30.1 Å². The Kier molecular flexibility index (Phi) is 7.61. The van der Waals surface area contributed by atoms with Crippen molar-refractivity contribution in [2.75, 3.05) is 27.3 Å². The Morgan fingerprint density at radius 1 is 1.26 bits per heavy atom. The number of carbonyl (C=O) groups is 1. The van der Waals surface area contributed by atoms with E-state index in [-0.39, 0.29) is 16.7 Å². The van der Waals surface area contributed by atoms with Gasteiger partial charge in [-0.25, -0.2) is 4.98 Å². The summed E-state index contributed by atoms with van der Waals surface area (Å²) in [6.45, 7) is 6.67. The molecule has 1 N–H and O–H groups in total. The Morgan fingerprint density at radius 2 is 1.94 bits per heavy atom. The number of likely N-dealkylation sites (N-methyl/N-ethyl adjacent to an activating group) is 1. The van der Waals surface area contributed by atoms with Gasteiger partial charge < -0.3 is 19.4 Å². The minimum absolute atomic E-state index is 0.00886. The molecule has 0 fully saturated rings. The van der Waals surface area contributed by atoms with Gasteiger partial charge in [0.05, 0.1) is 30.0 Å². The fourth-order valence-corrected chi connectivity index (χ4v) is 4.95. The molecule has 0 spiro atoms. The number of amides is 1. The van der Waals surface area contributed by atoms with E-state index in [2.05, 4.69) is 9.97 Å². The molecule has 31 heavy (non-hydrogen) atoms. The second kappa shape index (κ2) is 10.2. The van der Waals surface area contributed by atoms with Crippen LogP contribution in [-0.2, 0) is 10.5 Å². The number of thioether (sulfide) groups is 1. The van der Waals surface area contributed by atoms with Gasteiger partial charge in [-0.15, -0.1) is 23.1 Å². The van der Waals surface area contributed by atoms with Gasteiger partial charge in [0, 0.05) is 11.9 Å². The normalized spacial score (nSPS) is 12.0. The maximum absolute atomic E-state index is 12.7. The number of ether oxygens (including phenoxy) is 2. The Labute approximate surface area is 189 Å². The first-order valence-corrected chi connectivity index (χ1v) is 11.8. The number of aromatic nitrogens is 2. The summed E-state index contributed by atoms with van der Waals surface area (Å²) in [5, 5.41) is 0.399. The molecule has 2 heterocycles. The minimum Gasteiger partial charge on any atom is -0.497 e. The molecule has 9 heteroatoms. The Balaban J connectivity index is 1.50. The molecule has 0 bridgehead atoms. The number of aryl methyl sites for hydroxylation is 2. The SMILES string of the molecule is COc1ccc(OCCN(C)C(=O)C(C)SCc2nc3sc(C)c(C)c3c(=O)[nH]2)cc1. The Bertz CT molecular complexity index is 1110. The van der Waals surface area contributed by atoms with Crippen LogP contribution in [0.5, 0.6) is 11.5 Å². The van der Waals surface area contributed by atoms with Crippen molar-refractivity contribution in [1.82, 2.24) is 14.9 Å². The van der Waals surface area contributed by atoms with Gasteiger partial charge in [-0.2, -0.15) is 0 Å². The van der Waals surface area contributed by atoms with Crippen LogP contribution < -0.4 is 15.0 Å². The monoisotopic (exact) mass is 461 g/mol. The molecule has 0 saturated carbocycles. The molecule has 0 aliphatic carbocycles. The topological polar surface area (TPSA) is 84.5 Å². The molecule has 1 aromatic carbocycles. The second-order valence-electron chi connectivity index (χ2n) is 7.21. The third-order valence-electron chi connectivity index (χ3n) is 5.04. The summed E-state index contributed by atoms with van der Waals surface area (Å²) in [7, 11) is 3.38. The van der Waals surface area contributed by atoms with E-state index in [1.807, 2.05) is 45.0 Å². The van der Waals surface area contributed by atoms with Crippen LogP contribution in [0.2, 0.25) is 0 Å². The van der Waals surface area contributed by atoms with Crippen molar-refractivity contribution in [2.24, 2.45) is 0 Å². The first-order chi connectivity index (χ1) is 14.8. The summed E-state index contributed by atoms with van der Waals surface area (Å²) >= 11 is 2.98. The molecular weight excluding hydrogens is 434 g/mol. The van der Waals surface area contributed by atoms with Crippen molar-refractivity contribution >= 4 is 39.2 Å². The molecule has 3 aromatic rings. The van der Waals surface area contributed by atoms with E-state index in [9.17, 15) is 9.59 Å². The zero-order valence-corrected chi connectivity index (χ0v) is 20.0. The largest absolute Gasteiger partial charge is 0.497 e. The summed E-state index contributed by atoms with van der Waals surface area (Å²) in [6.07, 6.45) is 0. The lowest BCUT2D eigenvalue weighted by molar-refractivity contribution is -0.129. The fourth-order valence-electron chi connectivity index (χ4n) is 3.04. The second-order valence-corrected chi connectivity index (χ2v) is 9.75. The van der Waals surface area contributed by atoms with Crippen molar-refractivity contribution in [3.8, 4) is 11.5 Å². The number of benzene rings is 1. The van der Waals surface area contributed by atoms with Crippen LogP contribution in [0.1, 0.15) is 23.2 Å². The van der Waals surface area contributed by atoms with E-state index >= 15 is 0 Å². The van der Waals surface area contributed by atoms with Crippen LogP contribution >= 0.6 is 23.1 Å². The average molecular weight is 462 g/mol. The highest BCUT2D eigenvalue weighted by Gasteiger charge is 2.19. The lowest BCUT2D eigenvalue weighted by atomic mass is 10.2. The maximum atomic E-state index is 12.7. The van der Waals surface area contributed by atoms with Gasteiger partial charge in [0.15, 0.2) is 0 Å². The summed E-state index contributed by atoms with van der Waals surface area (Å²) in [4.78, 5) is 36.0. The van der Waals surface area contributed by atoms with Gasteiger partial charge in [0.25, 0.3) is 5.56 Å². The highest BCUT2D eigenvalue weighted by atomic mass is 32.2. The van der Waals surface area contributed by atoms with Gasteiger partial charge in [0.1, 0.15) is 28.8 Å². The molecule has 166 valence electrons. The minimum atomic E-state index is -0.265. The highest BCUT2D eigenvalue weighted by molar-refractivity contribution is 7.99. The molecule has 1 atom stereocenters. The number of H-pyrrole nitrogens is 1. The van der Waals surface area contributed by atoms with Gasteiger partial charge in [-0.05, 0) is 50.6 Å². The van der Waals surface area contributed by atoms with E-state index in [1.54, 1.807) is 19.1 Å². The van der Waals surface area contributed by atoms with Crippen LogP contribution in [0, 0.1) is 13.8 Å². The van der Waals surface area contributed by atoms with Crippen molar-refractivity contribution in [3.05, 3.63) is 50.9 Å². The van der Waals surface area contributed by atoms with Crippen LogP contribution in [0.4, 0.5) is 0 Å². The number of carbonyl (C=O) groups excluding carboxylic acids is 1. The summed E-state index contributed by atoms with van der Waals surface area (Å²) in [5.41, 5.74) is 0.865. The first-order valence-electron chi connectivity index (χ1n) is 9.92. The van der Waals surface area contributed by atoms with Gasteiger partial charge in [-0.3, -0.25) is 9.59 Å². The molecular formula is C22H27N3O4S2. The van der Waals surface area contributed by atoms with Gasteiger partial charge >= 0.3 is 0 Å². The number of nitrogens with one attached hydrogen (secondary N) is 1. The Hall–Kier alpha value is -2.52. The van der Waals surface area contributed by atoms with E-state index in [4.69, 9.17) is 9.47 Å². The standard InChI is InChI=1S/C22H27N3O4S2/c1-13-14(2)31-21-19(13)20(26)23-18(24-21)12-30-15(3)22(27)25(4)10-11-29-17-8-6-16(28-5)7-9-17/h6-9,15H,10-12H2,1-5H3,(H,23,24,26). The predicted molar refractivity (Wildman–Crippen MR) is 127 cm³/mol. The van der Waals surface area contributed by atoms with Crippen LogP contribution in [0.25, 0.3) is 10.2 Å². The lowest BCUT2D eigenvalue weighted by Gasteiger charge is -2.21. The predicted octanol–water partition coefficient (Wildman–Crippen LogP) is 3.77. The number of thiophene rings is 1. The zero-order valence-electron chi connectivity index (χ0n) is 18.4. The number of methoxy groups -OCH3 is 1. The van der Waals surface area contributed by atoms with Crippen molar-refractivity contribution in [1.29, 1.82) is 0 Å². The number of fused-ring (bicyclic) bond motifs is 1. The Morgan fingerprint density at radius 3 is 2.61 bits per heavy atom. The zero-order chi connectivity index (χ0) is 22.5. The average Bonchev–Trinajstić information content (AvgIpc) is 3.05. The molecule has 0 aliphatic heterocycles. The highest BCUT2D eigenvalue weighted by Crippen LogP contribution is 2.26. The smallest absolute Gasteiger partial charge is 0.259 e. The number of rotatable bonds is 9. The molecule has 0 saturated heterocycles. The molecule has 1 unspecified atom stereocenters. The van der Waals surface area contributed by atoms with Crippen LogP contribution in [0.3, 0.4) is 0 Å². The van der Waals surface area contributed by atoms with Crippen molar-refractivity contribution in [2.45, 2.75) is 31.8 Å². The summed E-state index contributed by atoms with van der Waals surface area (Å²) in [5.74, 6) is 2.56. The van der Waals surface area contributed by atoms with E-state index in [1.165, 1.54) is 23.1 Å². The first kappa shape index (κ1) is 23.1. The van der Waals surface area contributed by atoms with Crippen molar-refractivity contribution < 1.29 is 14.3 Å². The van der Waals surface area contributed by atoms with Crippen molar-refractivity contribution in [3.63, 3.8) is 0 Å². The summed E-state index contributed by atoms with van der Waals surface area (Å²) < 4.78 is 10.8. The number of aromatic amines is 1. The quantitative estimate of drug-likeness (QED) is 0.522. The van der Waals surface area contributed by atoms with Gasteiger partial charge in [-0.1, -0.05) is 0 Å². The number of hydrogen-bond acceptors (Lipinski definition) is 7. The molecule has 7 nitrogen and oxygen atoms in total. The number of hydrogen-bond donors (Lipinski definition) is 1. The van der Waals surface area contributed by atoms with Gasteiger partial charge in [0.2, 0.25) is 5.91 Å². The maximum Gasteiger partial charge on any atom is 0.259 e. The van der Waals surface area contributed by atoms with Crippen LogP contribution in [0.15, 0.2) is 29.1 Å². The summed E-state index contributed by atoms with van der Waals surface area (Å²) in [6, 6.07) is 7.33. The number of nitrogens with zero attached hydrogens (tertiary/aromatic N) is 2. The fraction of sp³-hybridized carbons (Fsp3) is 0.409. The molecule has 0 aliphatic rings. The molecule has 2 aromatic heterocycles. The van der Waals surface area contributed by atoms with E-state index < -0.39 is 0 Å². The van der Waals surface area contributed by atoms with Crippen LogP contribution in [-0.4, -0.2) is 53.3 Å². The molecule has 1 amide bonds. The molecule has 0 radical (unpaired) electrons.